The van der Waals surface area contributed by atoms with Crippen LogP contribution in [0.1, 0.15) is 31.7 Å². The molecule has 1 aromatic carbocycles. The smallest absolute Gasteiger partial charge is 0.244 e. The van der Waals surface area contributed by atoms with Crippen molar-refractivity contribution < 1.29 is 9.53 Å². The molecule has 5 nitrogen and oxygen atoms in total. The van der Waals surface area contributed by atoms with Crippen LogP contribution in [0.3, 0.4) is 0 Å². The summed E-state index contributed by atoms with van der Waals surface area (Å²) in [6.07, 6.45) is 2.96. The molecule has 5 heteroatoms. The summed E-state index contributed by atoms with van der Waals surface area (Å²) in [5.74, 6) is 0.428. The van der Waals surface area contributed by atoms with Crippen molar-refractivity contribution in [2.24, 2.45) is 0 Å². The molecule has 0 bridgehead atoms. The third kappa shape index (κ3) is 2.91. The predicted octanol–water partition coefficient (Wildman–Crippen LogP) is 2.04. The molecule has 0 aliphatic carbocycles. The fourth-order valence-corrected chi connectivity index (χ4v) is 2.37. The van der Waals surface area contributed by atoms with Crippen LogP contribution in [-0.2, 0) is 4.79 Å². The quantitative estimate of drug-likeness (QED) is 0.883. The van der Waals surface area contributed by atoms with Gasteiger partial charge in [-0.05, 0) is 44.9 Å². The van der Waals surface area contributed by atoms with E-state index in [-0.39, 0.29) is 5.91 Å². The summed E-state index contributed by atoms with van der Waals surface area (Å²) < 4.78 is 5.22. The van der Waals surface area contributed by atoms with Gasteiger partial charge in [-0.2, -0.15) is 5.26 Å². The number of nitriles is 1. The van der Waals surface area contributed by atoms with Gasteiger partial charge in [0.05, 0.1) is 30.0 Å². The van der Waals surface area contributed by atoms with Crippen LogP contribution >= 0.6 is 0 Å². The van der Waals surface area contributed by atoms with Crippen LogP contribution in [0, 0.1) is 11.3 Å². The standard InChI is InChI=1S/C15H19N3O2/c1-15(7-3-4-8-17-15)14(19)18-12-6-5-11(10-16)9-13(12)20-2/h5-6,9,17H,3-4,7-8H2,1-2H3,(H,18,19). The topological polar surface area (TPSA) is 74.1 Å². The number of nitrogens with zero attached hydrogens (tertiary/aromatic N) is 1. The second-order valence-electron chi connectivity index (χ2n) is 5.20. The Balaban J connectivity index is 2.17. The molecule has 0 radical (unpaired) electrons. The second-order valence-corrected chi connectivity index (χ2v) is 5.20. The molecule has 2 N–H and O–H groups in total. The normalized spacial score (nSPS) is 21.9. The molecular formula is C15H19N3O2. The molecule has 106 valence electrons. The highest BCUT2D eigenvalue weighted by Gasteiger charge is 2.34. The molecule has 1 amide bonds. The lowest BCUT2D eigenvalue weighted by Crippen LogP contribution is -2.54. The van der Waals surface area contributed by atoms with E-state index in [4.69, 9.17) is 10.00 Å². The van der Waals surface area contributed by atoms with Crippen molar-refractivity contribution >= 4 is 11.6 Å². The third-order valence-corrected chi connectivity index (χ3v) is 3.70. The summed E-state index contributed by atoms with van der Waals surface area (Å²) in [5, 5.41) is 15.0. The van der Waals surface area contributed by atoms with Gasteiger partial charge in [0.15, 0.2) is 0 Å². The number of hydrogen-bond acceptors (Lipinski definition) is 4. The first-order chi connectivity index (χ1) is 9.59. The molecule has 1 fully saturated rings. The SMILES string of the molecule is COc1cc(C#N)ccc1NC(=O)C1(C)CCCCN1. The summed E-state index contributed by atoms with van der Waals surface area (Å²) in [7, 11) is 1.52. The zero-order valence-corrected chi connectivity index (χ0v) is 11.8. The Morgan fingerprint density at radius 3 is 2.90 bits per heavy atom. The lowest BCUT2D eigenvalue weighted by atomic mass is 9.90. The van der Waals surface area contributed by atoms with Gasteiger partial charge in [-0.3, -0.25) is 4.79 Å². The Hall–Kier alpha value is -2.06. The van der Waals surface area contributed by atoms with E-state index in [9.17, 15) is 4.79 Å². The largest absolute Gasteiger partial charge is 0.495 e. The summed E-state index contributed by atoms with van der Waals surface area (Å²) >= 11 is 0. The molecule has 0 spiro atoms. The lowest BCUT2D eigenvalue weighted by molar-refractivity contribution is -0.122. The maximum absolute atomic E-state index is 12.4. The second kappa shape index (κ2) is 5.93. The van der Waals surface area contributed by atoms with E-state index in [1.165, 1.54) is 7.11 Å². The highest BCUT2D eigenvalue weighted by molar-refractivity contribution is 5.99. The maximum atomic E-state index is 12.4. The van der Waals surface area contributed by atoms with Gasteiger partial charge in [-0.25, -0.2) is 0 Å². The van der Waals surface area contributed by atoms with E-state index >= 15 is 0 Å². The van der Waals surface area contributed by atoms with Crippen LogP contribution in [0.2, 0.25) is 0 Å². The highest BCUT2D eigenvalue weighted by Crippen LogP contribution is 2.27. The highest BCUT2D eigenvalue weighted by atomic mass is 16.5. The first-order valence-corrected chi connectivity index (χ1v) is 6.74. The Labute approximate surface area is 118 Å². The number of piperidine rings is 1. The number of rotatable bonds is 3. The molecule has 0 aromatic heterocycles. The van der Waals surface area contributed by atoms with E-state index < -0.39 is 5.54 Å². The molecule has 1 saturated heterocycles. The predicted molar refractivity (Wildman–Crippen MR) is 76.6 cm³/mol. The monoisotopic (exact) mass is 273 g/mol. The molecule has 1 aliphatic rings. The number of nitrogens with one attached hydrogen (secondary N) is 2. The number of carbonyl (C=O) groups excluding carboxylic acids is 1. The number of ether oxygens (including phenoxy) is 1. The number of hydrogen-bond donors (Lipinski definition) is 2. The Bertz CT molecular complexity index is 543. The van der Waals surface area contributed by atoms with Crippen molar-refractivity contribution in [3.63, 3.8) is 0 Å². The van der Waals surface area contributed by atoms with Crippen LogP contribution in [0.5, 0.6) is 5.75 Å². The van der Waals surface area contributed by atoms with Crippen LogP contribution in [0.15, 0.2) is 18.2 Å². The molecule has 1 heterocycles. The first-order valence-electron chi connectivity index (χ1n) is 6.74. The van der Waals surface area contributed by atoms with Crippen molar-refractivity contribution in [3.8, 4) is 11.8 Å². The van der Waals surface area contributed by atoms with E-state index in [1.807, 2.05) is 13.0 Å². The van der Waals surface area contributed by atoms with Gasteiger partial charge in [0, 0.05) is 6.07 Å². The number of methoxy groups -OCH3 is 1. The minimum absolute atomic E-state index is 0.0693. The van der Waals surface area contributed by atoms with Gasteiger partial charge in [0.2, 0.25) is 5.91 Å². The lowest BCUT2D eigenvalue weighted by Gasteiger charge is -2.33. The van der Waals surface area contributed by atoms with E-state index in [0.717, 1.165) is 25.8 Å². The summed E-state index contributed by atoms with van der Waals surface area (Å²) in [4.78, 5) is 12.4. The maximum Gasteiger partial charge on any atom is 0.244 e. The van der Waals surface area contributed by atoms with Crippen molar-refractivity contribution in [1.29, 1.82) is 5.26 Å². The van der Waals surface area contributed by atoms with Crippen molar-refractivity contribution in [1.82, 2.24) is 5.32 Å². The van der Waals surface area contributed by atoms with Gasteiger partial charge in [0.25, 0.3) is 0 Å². The zero-order chi connectivity index (χ0) is 14.6. The number of benzene rings is 1. The molecule has 0 saturated carbocycles. The van der Waals surface area contributed by atoms with Crippen molar-refractivity contribution in [3.05, 3.63) is 23.8 Å². The van der Waals surface area contributed by atoms with Crippen molar-refractivity contribution in [2.45, 2.75) is 31.7 Å². The minimum Gasteiger partial charge on any atom is -0.495 e. The molecule has 1 aromatic rings. The fourth-order valence-electron chi connectivity index (χ4n) is 2.37. The molecular weight excluding hydrogens is 254 g/mol. The van der Waals surface area contributed by atoms with Crippen LogP contribution in [0.25, 0.3) is 0 Å². The fraction of sp³-hybridized carbons (Fsp3) is 0.467. The zero-order valence-electron chi connectivity index (χ0n) is 11.8. The molecule has 1 atom stereocenters. The van der Waals surface area contributed by atoms with E-state index in [2.05, 4.69) is 10.6 Å². The van der Waals surface area contributed by atoms with E-state index in [1.54, 1.807) is 18.2 Å². The average Bonchev–Trinajstić information content (AvgIpc) is 2.48. The Morgan fingerprint density at radius 2 is 2.30 bits per heavy atom. The summed E-state index contributed by atoms with van der Waals surface area (Å²) in [6, 6.07) is 7.02. The average molecular weight is 273 g/mol. The Morgan fingerprint density at radius 1 is 1.50 bits per heavy atom. The van der Waals surface area contributed by atoms with Crippen molar-refractivity contribution in [2.75, 3.05) is 19.0 Å². The van der Waals surface area contributed by atoms with Gasteiger partial charge < -0.3 is 15.4 Å². The molecule has 1 aliphatic heterocycles. The number of carbonyl (C=O) groups is 1. The van der Waals surface area contributed by atoms with Crippen LogP contribution < -0.4 is 15.4 Å². The summed E-state index contributed by atoms with van der Waals surface area (Å²) in [5.41, 5.74) is 0.545. The minimum atomic E-state index is -0.544. The van der Waals surface area contributed by atoms with Gasteiger partial charge in [-0.1, -0.05) is 0 Å². The summed E-state index contributed by atoms with van der Waals surface area (Å²) in [6.45, 7) is 2.77. The Kier molecular flexibility index (Phi) is 4.26. The van der Waals surface area contributed by atoms with Gasteiger partial charge >= 0.3 is 0 Å². The van der Waals surface area contributed by atoms with Gasteiger partial charge in [-0.15, -0.1) is 0 Å². The molecule has 1 unspecified atom stereocenters. The van der Waals surface area contributed by atoms with Crippen LogP contribution in [-0.4, -0.2) is 25.1 Å². The third-order valence-electron chi connectivity index (χ3n) is 3.70. The van der Waals surface area contributed by atoms with E-state index in [0.29, 0.717) is 17.0 Å². The van der Waals surface area contributed by atoms with Gasteiger partial charge in [0.1, 0.15) is 5.75 Å². The number of anilines is 1. The number of amides is 1. The first kappa shape index (κ1) is 14.4. The van der Waals surface area contributed by atoms with Crippen LogP contribution in [0.4, 0.5) is 5.69 Å². The molecule has 20 heavy (non-hydrogen) atoms. The molecule has 2 rings (SSSR count).